The summed E-state index contributed by atoms with van der Waals surface area (Å²) in [5.41, 5.74) is 1.22. The van der Waals surface area contributed by atoms with E-state index in [4.69, 9.17) is 16.3 Å². The highest BCUT2D eigenvalue weighted by molar-refractivity contribution is 7.98. The Hall–Kier alpha value is -1.94. The van der Waals surface area contributed by atoms with E-state index in [9.17, 15) is 14.9 Å². The molecular formula is C17H16ClN3O4S2. The second-order valence-corrected chi connectivity index (χ2v) is 7.97. The lowest BCUT2D eigenvalue weighted by Gasteiger charge is -2.13. The molecule has 0 amide bonds. The Kier molecular flexibility index (Phi) is 6.48. The van der Waals surface area contributed by atoms with E-state index in [0.717, 1.165) is 16.9 Å². The summed E-state index contributed by atoms with van der Waals surface area (Å²) < 4.78 is 6.70. The molecule has 0 aliphatic rings. The minimum Gasteiger partial charge on any atom is -0.385 e. The van der Waals surface area contributed by atoms with Gasteiger partial charge in [-0.3, -0.25) is 19.5 Å². The summed E-state index contributed by atoms with van der Waals surface area (Å²) in [5.74, 6) is 0.479. The van der Waals surface area contributed by atoms with E-state index in [1.54, 1.807) is 41.3 Å². The summed E-state index contributed by atoms with van der Waals surface area (Å²) in [5, 5.41) is 14.3. The lowest BCUT2D eigenvalue weighted by atomic mass is 10.2. The first-order valence-corrected chi connectivity index (χ1v) is 10.3. The molecule has 27 heavy (non-hydrogen) atoms. The number of methoxy groups -OCH3 is 1. The van der Waals surface area contributed by atoms with Crippen molar-refractivity contribution in [3.63, 3.8) is 0 Å². The van der Waals surface area contributed by atoms with Crippen LogP contribution in [-0.4, -0.2) is 28.2 Å². The van der Waals surface area contributed by atoms with Gasteiger partial charge in [0.25, 0.3) is 5.56 Å². The van der Waals surface area contributed by atoms with E-state index in [1.807, 2.05) is 0 Å². The third kappa shape index (κ3) is 4.67. The summed E-state index contributed by atoms with van der Waals surface area (Å²) >= 11 is 8.49. The number of aromatic nitrogens is 2. The fourth-order valence-electron chi connectivity index (χ4n) is 2.53. The Morgan fingerprint density at radius 3 is 2.93 bits per heavy atom. The number of fused-ring (bicyclic) bond motifs is 1. The van der Waals surface area contributed by atoms with Crippen LogP contribution in [0.3, 0.4) is 0 Å². The van der Waals surface area contributed by atoms with Crippen molar-refractivity contribution in [2.45, 2.75) is 23.9 Å². The van der Waals surface area contributed by atoms with Gasteiger partial charge in [0.1, 0.15) is 0 Å². The monoisotopic (exact) mass is 425 g/mol. The van der Waals surface area contributed by atoms with Gasteiger partial charge in [-0.15, -0.1) is 0 Å². The normalized spacial score (nSPS) is 11.2. The fourth-order valence-corrected chi connectivity index (χ4v) is 4.49. The van der Waals surface area contributed by atoms with Crippen molar-refractivity contribution >= 4 is 50.6 Å². The minimum atomic E-state index is -0.407. The molecule has 1 aromatic carbocycles. The number of ether oxygens (including phenoxy) is 1. The van der Waals surface area contributed by atoms with E-state index in [-0.39, 0.29) is 10.6 Å². The molecule has 3 aromatic rings. The van der Waals surface area contributed by atoms with Crippen molar-refractivity contribution in [3.05, 3.63) is 60.7 Å². The van der Waals surface area contributed by atoms with Gasteiger partial charge in [-0.25, -0.2) is 4.98 Å². The van der Waals surface area contributed by atoms with Crippen molar-refractivity contribution in [2.24, 2.45) is 0 Å². The van der Waals surface area contributed by atoms with E-state index >= 15 is 0 Å². The fraction of sp³-hybridized carbons (Fsp3) is 0.294. The first-order chi connectivity index (χ1) is 13.0. The molecular weight excluding hydrogens is 410 g/mol. The van der Waals surface area contributed by atoms with Gasteiger partial charge in [0.2, 0.25) is 0 Å². The van der Waals surface area contributed by atoms with Gasteiger partial charge in [-0.05, 0) is 30.2 Å². The molecule has 3 rings (SSSR count). The smallest absolute Gasteiger partial charge is 0.324 e. The van der Waals surface area contributed by atoms with Crippen molar-refractivity contribution < 1.29 is 9.66 Å². The molecule has 0 saturated heterocycles. The van der Waals surface area contributed by atoms with Crippen LogP contribution in [-0.2, 0) is 17.0 Å². The summed E-state index contributed by atoms with van der Waals surface area (Å²) in [6.45, 7) is 1.01. The quantitative estimate of drug-likeness (QED) is 0.175. The first-order valence-electron chi connectivity index (χ1n) is 8.03. The molecule has 0 aliphatic heterocycles. The largest absolute Gasteiger partial charge is 0.385 e. The van der Waals surface area contributed by atoms with Gasteiger partial charge in [0.05, 0.1) is 15.8 Å². The maximum absolute atomic E-state index is 12.9. The number of thioether (sulfide) groups is 1. The van der Waals surface area contributed by atoms with Crippen molar-refractivity contribution in [1.29, 1.82) is 0 Å². The van der Waals surface area contributed by atoms with Crippen LogP contribution in [0.1, 0.15) is 12.0 Å². The summed E-state index contributed by atoms with van der Waals surface area (Å²) in [6.07, 6.45) is 0.675. The summed E-state index contributed by atoms with van der Waals surface area (Å²) in [7, 11) is 1.61. The third-order valence-corrected chi connectivity index (χ3v) is 6.01. The molecule has 0 fully saturated rings. The van der Waals surface area contributed by atoms with E-state index in [1.165, 1.54) is 11.8 Å². The zero-order valence-electron chi connectivity index (χ0n) is 14.4. The van der Waals surface area contributed by atoms with Gasteiger partial charge in [0.15, 0.2) is 5.16 Å². The minimum absolute atomic E-state index is 0.0985. The Labute approximate surface area is 168 Å². The average molecular weight is 426 g/mol. The number of benzene rings is 1. The number of thiophene rings is 1. The van der Waals surface area contributed by atoms with Crippen LogP contribution in [0.15, 0.2) is 39.6 Å². The lowest BCUT2D eigenvalue weighted by molar-refractivity contribution is -0.380. The molecule has 0 saturated carbocycles. The van der Waals surface area contributed by atoms with Gasteiger partial charge >= 0.3 is 5.00 Å². The SMILES string of the molecule is COCCCn1c(SCc2csc([N+](=O)[O-])c2)nc2cc(Cl)ccc2c1=O. The first kappa shape index (κ1) is 19.8. The summed E-state index contributed by atoms with van der Waals surface area (Å²) in [4.78, 5) is 27.9. The third-order valence-electron chi connectivity index (χ3n) is 3.80. The maximum Gasteiger partial charge on any atom is 0.324 e. The van der Waals surface area contributed by atoms with Crippen molar-refractivity contribution in [3.8, 4) is 0 Å². The van der Waals surface area contributed by atoms with Crippen LogP contribution in [0.25, 0.3) is 10.9 Å². The highest BCUT2D eigenvalue weighted by atomic mass is 35.5. The predicted octanol–water partition coefficient (Wildman–Crippen LogP) is 4.35. The van der Waals surface area contributed by atoms with E-state index in [0.29, 0.717) is 46.4 Å². The highest BCUT2D eigenvalue weighted by Crippen LogP contribution is 2.28. The Morgan fingerprint density at radius 1 is 1.41 bits per heavy atom. The zero-order chi connectivity index (χ0) is 19.4. The van der Waals surface area contributed by atoms with E-state index < -0.39 is 4.92 Å². The van der Waals surface area contributed by atoms with Gasteiger partial charge in [0, 0.05) is 42.5 Å². The topological polar surface area (TPSA) is 87.3 Å². The molecule has 0 bridgehead atoms. The maximum atomic E-state index is 12.9. The molecule has 10 heteroatoms. The Bertz CT molecular complexity index is 1030. The Morgan fingerprint density at radius 2 is 2.22 bits per heavy atom. The van der Waals surface area contributed by atoms with Crippen LogP contribution in [0, 0.1) is 10.1 Å². The standard InChI is InChI=1S/C17H16ClN3O4S2/c1-25-6-2-5-20-16(22)13-4-3-12(18)8-14(13)19-17(20)27-10-11-7-15(21(23)24)26-9-11/h3-4,7-9H,2,5-6,10H2,1H3. The predicted molar refractivity (Wildman–Crippen MR) is 108 cm³/mol. The second-order valence-electron chi connectivity index (χ2n) is 5.70. The molecule has 0 radical (unpaired) electrons. The molecule has 0 N–H and O–H groups in total. The van der Waals surface area contributed by atoms with Gasteiger partial charge in [-0.1, -0.05) is 34.7 Å². The van der Waals surface area contributed by atoms with Gasteiger partial charge < -0.3 is 4.74 Å². The van der Waals surface area contributed by atoms with Gasteiger partial charge in [-0.2, -0.15) is 0 Å². The summed E-state index contributed by atoms with van der Waals surface area (Å²) in [6, 6.07) is 6.56. The van der Waals surface area contributed by atoms with E-state index in [2.05, 4.69) is 4.98 Å². The number of hydrogen-bond donors (Lipinski definition) is 0. The number of nitro groups is 1. The number of halogens is 1. The molecule has 142 valence electrons. The molecule has 0 unspecified atom stereocenters. The van der Waals surface area contributed by atoms with Crippen molar-refractivity contribution in [2.75, 3.05) is 13.7 Å². The Balaban J connectivity index is 1.93. The van der Waals surface area contributed by atoms with Crippen LogP contribution < -0.4 is 5.56 Å². The zero-order valence-corrected chi connectivity index (χ0v) is 16.8. The molecule has 2 aromatic heterocycles. The van der Waals surface area contributed by atoms with Crippen LogP contribution in [0.2, 0.25) is 5.02 Å². The molecule has 2 heterocycles. The second kappa shape index (κ2) is 8.83. The van der Waals surface area contributed by atoms with Crippen molar-refractivity contribution in [1.82, 2.24) is 9.55 Å². The van der Waals surface area contributed by atoms with Crippen LogP contribution in [0.5, 0.6) is 0 Å². The lowest BCUT2D eigenvalue weighted by Crippen LogP contribution is -2.24. The number of rotatable bonds is 8. The average Bonchev–Trinajstić information content (AvgIpc) is 3.11. The number of nitrogens with zero attached hydrogens (tertiary/aromatic N) is 3. The molecule has 0 spiro atoms. The molecule has 0 atom stereocenters. The van der Waals surface area contributed by atoms with Crippen LogP contribution in [0.4, 0.5) is 5.00 Å². The molecule has 0 aliphatic carbocycles. The van der Waals surface area contributed by atoms with Crippen LogP contribution >= 0.6 is 34.7 Å². The highest BCUT2D eigenvalue weighted by Gasteiger charge is 2.14. The molecule has 7 nitrogen and oxygen atoms in total. The number of hydrogen-bond acceptors (Lipinski definition) is 7.